The van der Waals surface area contributed by atoms with Crippen LogP contribution < -0.4 is 14.8 Å². The van der Waals surface area contributed by atoms with Gasteiger partial charge in [-0.2, -0.15) is 5.10 Å². The van der Waals surface area contributed by atoms with Gasteiger partial charge in [0.15, 0.2) is 0 Å². The minimum absolute atomic E-state index is 0.115. The average molecular weight is 577 g/mol. The lowest BCUT2D eigenvalue weighted by Gasteiger charge is -2.30. The summed E-state index contributed by atoms with van der Waals surface area (Å²) in [6, 6.07) is 14.6. The molecule has 0 radical (unpaired) electrons. The largest absolute Gasteiger partial charge is 0.493 e. The molecule has 9 heteroatoms. The summed E-state index contributed by atoms with van der Waals surface area (Å²) in [7, 11) is 1.90. The molecule has 1 aliphatic rings. The van der Waals surface area contributed by atoms with Gasteiger partial charge in [-0.1, -0.05) is 45.9 Å². The number of rotatable bonds is 13. The fourth-order valence-corrected chi connectivity index (χ4v) is 5.04. The van der Waals surface area contributed by atoms with Crippen LogP contribution in [0.2, 0.25) is 0 Å². The molecule has 0 saturated heterocycles. The summed E-state index contributed by atoms with van der Waals surface area (Å²) in [6.45, 7) is 12.7. The Balaban J connectivity index is 1.43. The number of hydrogen-bond acceptors (Lipinski definition) is 6. The number of aromatic nitrogens is 2. The highest BCUT2D eigenvalue weighted by Crippen LogP contribution is 2.26. The van der Waals surface area contributed by atoms with Gasteiger partial charge in [-0.15, -0.1) is 0 Å². The van der Waals surface area contributed by atoms with E-state index >= 15 is 0 Å². The molecule has 0 bridgehead atoms. The Hall–Kier alpha value is -4.01. The van der Waals surface area contributed by atoms with Crippen LogP contribution in [0, 0.1) is 18.8 Å². The molecule has 0 aliphatic carbocycles. The van der Waals surface area contributed by atoms with Gasteiger partial charge in [-0.25, -0.2) is 4.79 Å². The Morgan fingerprint density at radius 2 is 1.69 bits per heavy atom. The van der Waals surface area contributed by atoms with Gasteiger partial charge < -0.3 is 24.4 Å². The molecule has 0 spiro atoms. The summed E-state index contributed by atoms with van der Waals surface area (Å²) < 4.78 is 18.9. The van der Waals surface area contributed by atoms with E-state index < -0.39 is 12.1 Å². The lowest BCUT2D eigenvalue weighted by atomic mass is 10.0. The minimum atomic E-state index is -0.772. The van der Waals surface area contributed by atoms with E-state index in [1.165, 1.54) is 0 Å². The normalized spacial score (nSPS) is 13.0. The number of aryl methyl sites for hydroxylation is 2. The van der Waals surface area contributed by atoms with Gasteiger partial charge in [0, 0.05) is 38.7 Å². The molecular weight excluding hydrogens is 532 g/mol. The van der Waals surface area contributed by atoms with Crippen molar-refractivity contribution >= 4 is 12.0 Å². The minimum Gasteiger partial charge on any atom is -0.493 e. The van der Waals surface area contributed by atoms with Crippen molar-refractivity contribution in [2.75, 3.05) is 19.7 Å². The van der Waals surface area contributed by atoms with Crippen molar-refractivity contribution in [3.05, 3.63) is 76.6 Å². The predicted octanol–water partition coefficient (Wildman–Crippen LogP) is 5.22. The maximum atomic E-state index is 13.8. The van der Waals surface area contributed by atoms with E-state index in [0.29, 0.717) is 50.3 Å². The number of carbonyl (C=O) groups is 2. The second-order valence-electron chi connectivity index (χ2n) is 11.9. The van der Waals surface area contributed by atoms with Crippen LogP contribution in [0.15, 0.2) is 48.5 Å². The zero-order valence-electron chi connectivity index (χ0n) is 25.7. The number of fused-ring (bicyclic) bond motifs is 1. The van der Waals surface area contributed by atoms with Gasteiger partial charge in [0.1, 0.15) is 36.4 Å². The topological polar surface area (TPSA) is 94.9 Å². The summed E-state index contributed by atoms with van der Waals surface area (Å²) in [5.41, 5.74) is 4.83. The first kappa shape index (κ1) is 30.9. The van der Waals surface area contributed by atoms with E-state index in [2.05, 4.69) is 38.1 Å². The molecule has 1 N–H and O–H groups in total. The van der Waals surface area contributed by atoms with Crippen molar-refractivity contribution < 1.29 is 23.8 Å². The Morgan fingerprint density at radius 3 is 2.33 bits per heavy atom. The van der Waals surface area contributed by atoms with Crippen LogP contribution in [0.5, 0.6) is 11.5 Å². The fourth-order valence-electron chi connectivity index (χ4n) is 5.04. The molecule has 4 rings (SSSR count). The number of amides is 2. The third-order valence-corrected chi connectivity index (χ3v) is 7.11. The van der Waals surface area contributed by atoms with E-state index in [-0.39, 0.29) is 12.5 Å². The summed E-state index contributed by atoms with van der Waals surface area (Å²) in [6.07, 6.45) is 0.557. The monoisotopic (exact) mass is 576 g/mol. The quantitative estimate of drug-likeness (QED) is 0.300. The Kier molecular flexibility index (Phi) is 10.5. The Bertz CT molecular complexity index is 1320. The molecule has 2 heterocycles. The molecule has 1 aromatic heterocycles. The van der Waals surface area contributed by atoms with Crippen molar-refractivity contribution in [2.24, 2.45) is 18.9 Å². The van der Waals surface area contributed by atoms with Gasteiger partial charge in [0.2, 0.25) is 5.91 Å². The number of ether oxygens (including phenoxy) is 3. The number of hydrogen-bond donors (Lipinski definition) is 1. The summed E-state index contributed by atoms with van der Waals surface area (Å²) in [4.78, 5) is 28.6. The smallest absolute Gasteiger partial charge is 0.408 e. The zero-order chi connectivity index (χ0) is 30.2. The van der Waals surface area contributed by atoms with E-state index in [0.717, 1.165) is 40.2 Å². The predicted molar refractivity (Wildman–Crippen MR) is 161 cm³/mol. The van der Waals surface area contributed by atoms with E-state index in [4.69, 9.17) is 14.2 Å². The molecule has 42 heavy (non-hydrogen) atoms. The van der Waals surface area contributed by atoms with E-state index in [1.807, 2.05) is 72.1 Å². The standard InChI is InChI=1S/C33H44N4O5/c1-22(2)18-37(19-23(3)4)32(38)30(34-33(39)42-20-26-9-12-31-27(16-26)13-14-40-31)17-25-7-10-29(11-8-25)41-21-28-15-24(5)36(6)35-28/h7-12,15-16,22-23,30H,13-14,17-21H2,1-6H3,(H,34,39)/t30-/m0/s1. The molecule has 1 aliphatic heterocycles. The highest BCUT2D eigenvalue weighted by molar-refractivity contribution is 5.86. The van der Waals surface area contributed by atoms with Crippen LogP contribution in [0.4, 0.5) is 4.79 Å². The lowest BCUT2D eigenvalue weighted by molar-refractivity contribution is -0.134. The van der Waals surface area contributed by atoms with Crippen LogP contribution in [-0.2, 0) is 42.6 Å². The maximum absolute atomic E-state index is 13.8. The fraction of sp³-hybridized carbons (Fsp3) is 0.485. The van der Waals surface area contributed by atoms with Crippen molar-refractivity contribution in [1.29, 1.82) is 0 Å². The molecule has 0 unspecified atom stereocenters. The molecule has 2 amide bonds. The first-order valence-electron chi connectivity index (χ1n) is 14.7. The number of carbonyl (C=O) groups excluding carboxylic acids is 2. The molecule has 0 fully saturated rings. The zero-order valence-corrected chi connectivity index (χ0v) is 25.7. The van der Waals surface area contributed by atoms with Gasteiger partial charge in [0.05, 0.1) is 6.61 Å². The Morgan fingerprint density at radius 1 is 1.00 bits per heavy atom. The molecule has 3 aromatic rings. The SMILES string of the molecule is Cc1cc(COc2ccc(C[C@H](NC(=O)OCc3ccc4c(c3)CCO4)C(=O)N(CC(C)C)CC(C)C)cc2)nn1C. The molecule has 2 aromatic carbocycles. The van der Waals surface area contributed by atoms with Crippen LogP contribution in [0.3, 0.4) is 0 Å². The van der Waals surface area contributed by atoms with Gasteiger partial charge in [0.25, 0.3) is 0 Å². The first-order valence-corrected chi connectivity index (χ1v) is 14.7. The third kappa shape index (κ3) is 8.74. The molecule has 1 atom stereocenters. The van der Waals surface area contributed by atoms with Crippen molar-refractivity contribution in [2.45, 2.75) is 66.7 Å². The van der Waals surface area contributed by atoms with E-state index in [1.54, 1.807) is 0 Å². The van der Waals surface area contributed by atoms with Crippen molar-refractivity contribution in [3.8, 4) is 11.5 Å². The summed E-state index contributed by atoms with van der Waals surface area (Å²) >= 11 is 0. The lowest BCUT2D eigenvalue weighted by Crippen LogP contribution is -2.51. The summed E-state index contributed by atoms with van der Waals surface area (Å²) in [5, 5.41) is 7.29. The van der Waals surface area contributed by atoms with Crippen molar-refractivity contribution in [3.63, 3.8) is 0 Å². The van der Waals surface area contributed by atoms with E-state index in [9.17, 15) is 9.59 Å². The highest BCUT2D eigenvalue weighted by Gasteiger charge is 2.28. The second-order valence-corrected chi connectivity index (χ2v) is 11.9. The maximum Gasteiger partial charge on any atom is 0.408 e. The number of benzene rings is 2. The van der Waals surface area contributed by atoms with Gasteiger partial charge >= 0.3 is 6.09 Å². The molecular formula is C33H44N4O5. The second kappa shape index (κ2) is 14.2. The molecule has 226 valence electrons. The molecule has 9 nitrogen and oxygen atoms in total. The van der Waals surface area contributed by atoms with Crippen LogP contribution in [-0.4, -0.2) is 52.4 Å². The number of alkyl carbamates (subject to hydrolysis) is 1. The van der Waals surface area contributed by atoms with Crippen molar-refractivity contribution in [1.82, 2.24) is 20.0 Å². The molecule has 0 saturated carbocycles. The van der Waals surface area contributed by atoms with Crippen LogP contribution in [0.1, 0.15) is 55.8 Å². The van der Waals surface area contributed by atoms with Gasteiger partial charge in [-0.05, 0) is 65.8 Å². The van der Waals surface area contributed by atoms with Crippen LogP contribution in [0.25, 0.3) is 0 Å². The highest BCUT2D eigenvalue weighted by atomic mass is 16.5. The van der Waals surface area contributed by atoms with Crippen LogP contribution >= 0.6 is 0 Å². The Labute approximate surface area is 249 Å². The summed E-state index contributed by atoms with van der Waals surface area (Å²) in [5.74, 6) is 2.06. The van der Waals surface area contributed by atoms with Gasteiger partial charge in [-0.3, -0.25) is 9.48 Å². The third-order valence-electron chi connectivity index (χ3n) is 7.11. The first-order chi connectivity index (χ1) is 20.1. The average Bonchev–Trinajstić information content (AvgIpc) is 3.54. The number of nitrogens with one attached hydrogen (secondary N) is 1. The number of nitrogens with zero attached hydrogens (tertiary/aromatic N) is 3.